The van der Waals surface area contributed by atoms with E-state index in [2.05, 4.69) is 0 Å². The zero-order valence-electron chi connectivity index (χ0n) is 16.9. The summed E-state index contributed by atoms with van der Waals surface area (Å²) < 4.78 is 16.5. The minimum absolute atomic E-state index is 0.170. The molecule has 2 aromatic rings. The van der Waals surface area contributed by atoms with Crippen LogP contribution in [-0.2, 0) is 4.79 Å². The van der Waals surface area contributed by atoms with Crippen LogP contribution in [0.5, 0.6) is 17.2 Å². The fourth-order valence-electron chi connectivity index (χ4n) is 2.91. The molecule has 158 valence electrons. The summed E-state index contributed by atoms with van der Waals surface area (Å²) in [7, 11) is 1.51. The summed E-state index contributed by atoms with van der Waals surface area (Å²) in [4.78, 5) is 26.5. The molecule has 0 radical (unpaired) electrons. The highest BCUT2D eigenvalue weighted by Crippen LogP contribution is 2.38. The molecule has 1 heterocycles. The number of halogens is 1. The number of carbonyl (C=O) groups excluding carboxylic acids is 2. The molecule has 1 saturated heterocycles. The Bertz CT molecular complexity index is 991. The van der Waals surface area contributed by atoms with Crippen molar-refractivity contribution >= 4 is 40.6 Å². The summed E-state index contributed by atoms with van der Waals surface area (Å²) in [6.45, 7) is 4.65. The summed E-state index contributed by atoms with van der Waals surface area (Å²) in [6, 6.07) is 11.0. The van der Waals surface area contributed by atoms with Gasteiger partial charge in [0, 0.05) is 0 Å². The highest BCUT2D eigenvalue weighted by Gasteiger charge is 2.34. The molecule has 0 spiro atoms. The zero-order chi connectivity index (χ0) is 21.7. The van der Waals surface area contributed by atoms with Gasteiger partial charge in [-0.1, -0.05) is 23.7 Å². The van der Waals surface area contributed by atoms with Gasteiger partial charge in [-0.3, -0.25) is 14.5 Å². The minimum atomic E-state index is -0.359. The molecule has 2 aromatic carbocycles. The van der Waals surface area contributed by atoms with Crippen LogP contribution in [0, 0.1) is 6.92 Å². The molecule has 1 fully saturated rings. The van der Waals surface area contributed by atoms with E-state index in [1.165, 1.54) is 12.0 Å². The highest BCUT2D eigenvalue weighted by molar-refractivity contribution is 8.18. The van der Waals surface area contributed by atoms with Gasteiger partial charge in [0.05, 0.1) is 30.2 Å². The van der Waals surface area contributed by atoms with Crippen LogP contribution in [0.1, 0.15) is 18.1 Å². The maximum atomic E-state index is 12.7. The Morgan fingerprint density at radius 3 is 2.67 bits per heavy atom. The lowest BCUT2D eigenvalue weighted by Crippen LogP contribution is -2.32. The second-order valence-electron chi connectivity index (χ2n) is 6.47. The van der Waals surface area contributed by atoms with Crippen molar-refractivity contribution in [3.05, 3.63) is 57.5 Å². The number of rotatable bonds is 8. The Balaban J connectivity index is 1.71. The van der Waals surface area contributed by atoms with Crippen LogP contribution in [0.4, 0.5) is 4.79 Å². The molecule has 0 N–H and O–H groups in total. The van der Waals surface area contributed by atoms with E-state index in [4.69, 9.17) is 25.8 Å². The molecular formula is C22H22ClNO5S. The largest absolute Gasteiger partial charge is 0.493 e. The quantitative estimate of drug-likeness (QED) is 0.520. The molecule has 0 aromatic heterocycles. The normalized spacial score (nSPS) is 15.1. The standard InChI is InChI=1S/C22H22ClNO5S/c1-4-28-20-17(23)11-15(12-18(20)27-3)13-19-21(25)24(22(26)30-19)8-9-29-16-7-5-6-14(2)10-16/h5-7,10-13H,4,8-9H2,1-3H3/b19-13-. The third-order valence-corrected chi connectivity index (χ3v) is 5.47. The molecule has 1 aliphatic rings. The SMILES string of the molecule is CCOc1c(Cl)cc(/C=C2\SC(=O)N(CCOc3cccc(C)c3)C2=O)cc1OC. The fraction of sp³-hybridized carbons (Fsp3) is 0.273. The fourth-order valence-corrected chi connectivity index (χ4v) is 4.05. The second-order valence-corrected chi connectivity index (χ2v) is 7.87. The van der Waals surface area contributed by atoms with E-state index in [9.17, 15) is 9.59 Å². The summed E-state index contributed by atoms with van der Waals surface area (Å²) in [5.74, 6) is 1.25. The molecule has 6 nitrogen and oxygen atoms in total. The molecule has 0 saturated carbocycles. The lowest BCUT2D eigenvalue weighted by atomic mass is 10.1. The number of benzene rings is 2. The van der Waals surface area contributed by atoms with E-state index in [1.807, 2.05) is 38.1 Å². The molecule has 3 rings (SSSR count). The molecule has 0 bridgehead atoms. The van der Waals surface area contributed by atoms with Gasteiger partial charge in [-0.2, -0.15) is 0 Å². The van der Waals surface area contributed by atoms with Crippen molar-refractivity contribution in [2.24, 2.45) is 0 Å². The maximum absolute atomic E-state index is 12.7. The van der Waals surface area contributed by atoms with Gasteiger partial charge in [0.1, 0.15) is 12.4 Å². The van der Waals surface area contributed by atoms with E-state index in [0.29, 0.717) is 39.3 Å². The van der Waals surface area contributed by atoms with Gasteiger partial charge in [0.2, 0.25) is 0 Å². The summed E-state index contributed by atoms with van der Waals surface area (Å²) in [5.41, 5.74) is 1.72. The Morgan fingerprint density at radius 2 is 1.97 bits per heavy atom. The Labute approximate surface area is 184 Å². The van der Waals surface area contributed by atoms with E-state index in [-0.39, 0.29) is 24.3 Å². The summed E-state index contributed by atoms with van der Waals surface area (Å²) >= 11 is 7.18. The van der Waals surface area contributed by atoms with Crippen molar-refractivity contribution in [1.82, 2.24) is 4.90 Å². The number of hydrogen-bond acceptors (Lipinski definition) is 6. The summed E-state index contributed by atoms with van der Waals surface area (Å²) in [6.07, 6.45) is 1.62. The number of ether oxygens (including phenoxy) is 3. The highest BCUT2D eigenvalue weighted by atomic mass is 35.5. The Morgan fingerprint density at radius 1 is 1.17 bits per heavy atom. The third-order valence-electron chi connectivity index (χ3n) is 4.28. The number of imide groups is 1. The lowest BCUT2D eigenvalue weighted by molar-refractivity contribution is -0.123. The van der Waals surface area contributed by atoms with Crippen LogP contribution in [-0.4, -0.2) is 42.9 Å². The number of methoxy groups -OCH3 is 1. The topological polar surface area (TPSA) is 65.1 Å². The molecule has 2 amide bonds. The third kappa shape index (κ3) is 5.09. The van der Waals surface area contributed by atoms with Gasteiger partial charge < -0.3 is 14.2 Å². The maximum Gasteiger partial charge on any atom is 0.293 e. The average Bonchev–Trinajstić information content (AvgIpc) is 2.97. The van der Waals surface area contributed by atoms with Crippen molar-refractivity contribution < 1.29 is 23.8 Å². The summed E-state index contributed by atoms with van der Waals surface area (Å²) in [5, 5.41) is 0.0383. The lowest BCUT2D eigenvalue weighted by Gasteiger charge is -2.13. The van der Waals surface area contributed by atoms with Crippen LogP contribution in [0.3, 0.4) is 0 Å². The smallest absolute Gasteiger partial charge is 0.293 e. The first-order valence-electron chi connectivity index (χ1n) is 9.38. The van der Waals surface area contributed by atoms with Gasteiger partial charge in [-0.25, -0.2) is 0 Å². The first-order chi connectivity index (χ1) is 14.4. The van der Waals surface area contributed by atoms with E-state index in [0.717, 1.165) is 17.3 Å². The molecule has 30 heavy (non-hydrogen) atoms. The number of hydrogen-bond donors (Lipinski definition) is 0. The van der Waals surface area contributed by atoms with Crippen LogP contribution < -0.4 is 14.2 Å². The van der Waals surface area contributed by atoms with Crippen LogP contribution in [0.25, 0.3) is 6.08 Å². The number of carbonyl (C=O) groups is 2. The first-order valence-corrected chi connectivity index (χ1v) is 10.6. The predicted molar refractivity (Wildman–Crippen MR) is 119 cm³/mol. The van der Waals surface area contributed by atoms with Crippen LogP contribution >= 0.6 is 23.4 Å². The van der Waals surface area contributed by atoms with Crippen molar-refractivity contribution in [2.75, 3.05) is 26.9 Å². The van der Waals surface area contributed by atoms with Gasteiger partial charge in [-0.15, -0.1) is 0 Å². The number of amides is 2. The molecule has 0 unspecified atom stereocenters. The van der Waals surface area contributed by atoms with Gasteiger partial charge >= 0.3 is 0 Å². The predicted octanol–water partition coefficient (Wildman–Crippen LogP) is 5.17. The van der Waals surface area contributed by atoms with E-state index >= 15 is 0 Å². The number of aryl methyl sites for hydroxylation is 1. The first kappa shape index (κ1) is 22.1. The van der Waals surface area contributed by atoms with Crippen molar-refractivity contribution in [2.45, 2.75) is 13.8 Å². The van der Waals surface area contributed by atoms with Gasteiger partial charge in [-0.05, 0) is 67.1 Å². The number of nitrogens with zero attached hydrogens (tertiary/aromatic N) is 1. The van der Waals surface area contributed by atoms with Crippen LogP contribution in [0.2, 0.25) is 5.02 Å². The zero-order valence-corrected chi connectivity index (χ0v) is 18.5. The van der Waals surface area contributed by atoms with E-state index in [1.54, 1.807) is 18.2 Å². The molecule has 1 aliphatic heterocycles. The molecule has 0 aliphatic carbocycles. The average molecular weight is 448 g/mol. The molecular weight excluding hydrogens is 426 g/mol. The van der Waals surface area contributed by atoms with Gasteiger partial charge in [0.25, 0.3) is 11.1 Å². The Hall–Kier alpha value is -2.64. The van der Waals surface area contributed by atoms with Crippen molar-refractivity contribution in [1.29, 1.82) is 0 Å². The number of thioether (sulfide) groups is 1. The van der Waals surface area contributed by atoms with E-state index < -0.39 is 0 Å². The van der Waals surface area contributed by atoms with Gasteiger partial charge in [0.15, 0.2) is 11.5 Å². The minimum Gasteiger partial charge on any atom is -0.493 e. The van der Waals surface area contributed by atoms with Crippen molar-refractivity contribution in [3.8, 4) is 17.2 Å². The second kappa shape index (κ2) is 9.91. The molecule has 0 atom stereocenters. The monoisotopic (exact) mass is 447 g/mol. The Kier molecular flexibility index (Phi) is 7.29. The molecule has 8 heteroatoms. The van der Waals surface area contributed by atoms with Crippen LogP contribution in [0.15, 0.2) is 41.3 Å². The van der Waals surface area contributed by atoms with Crippen molar-refractivity contribution in [3.63, 3.8) is 0 Å².